The first-order chi connectivity index (χ1) is 15.5. The molecular weight excluding hydrogens is 411 g/mol. The van der Waals surface area contributed by atoms with Crippen LogP contribution in [0.4, 0.5) is 10.2 Å². The number of halogens is 1. The van der Waals surface area contributed by atoms with Crippen molar-refractivity contribution in [2.24, 2.45) is 0 Å². The van der Waals surface area contributed by atoms with Crippen LogP contribution < -0.4 is 10.1 Å². The smallest absolute Gasteiger partial charge is 0.304 e. The van der Waals surface area contributed by atoms with Crippen molar-refractivity contribution in [2.75, 3.05) is 19.0 Å². The van der Waals surface area contributed by atoms with Crippen molar-refractivity contribution in [3.05, 3.63) is 70.4 Å². The molecule has 32 heavy (non-hydrogen) atoms. The van der Waals surface area contributed by atoms with E-state index in [2.05, 4.69) is 27.6 Å². The van der Waals surface area contributed by atoms with Crippen molar-refractivity contribution in [3.63, 3.8) is 0 Å². The standard InChI is InChI=1S/C24H27FN4O3/c1-32-22-10-8-16(12-20(22)25)19(14-23(30)31)21-13-18(28-29-21)6-2-5-17-9-7-15-4-3-11-26-24(15)27-17/h7-10,12-13,19H,2-6,11,14H2,1H3,(H,26,27)(H,28,29)(H,30,31). The maximum Gasteiger partial charge on any atom is 0.304 e. The van der Waals surface area contributed by atoms with Crippen molar-refractivity contribution in [1.82, 2.24) is 15.2 Å². The molecule has 0 spiro atoms. The van der Waals surface area contributed by atoms with Gasteiger partial charge in [-0.2, -0.15) is 5.10 Å². The number of rotatable bonds is 9. The summed E-state index contributed by atoms with van der Waals surface area (Å²) in [5, 5.41) is 20.1. The predicted molar refractivity (Wildman–Crippen MR) is 119 cm³/mol. The Balaban J connectivity index is 1.42. The topological polar surface area (TPSA) is 100 Å². The number of aryl methyl sites for hydroxylation is 3. The van der Waals surface area contributed by atoms with Crippen LogP contribution in [0.25, 0.3) is 0 Å². The normalized spacial score (nSPS) is 13.8. The van der Waals surface area contributed by atoms with E-state index in [1.54, 1.807) is 6.07 Å². The number of nitrogens with one attached hydrogen (secondary N) is 2. The second-order valence-electron chi connectivity index (χ2n) is 8.06. The van der Waals surface area contributed by atoms with Crippen LogP contribution in [0.1, 0.15) is 53.4 Å². The van der Waals surface area contributed by atoms with Crippen LogP contribution in [0.2, 0.25) is 0 Å². The van der Waals surface area contributed by atoms with Gasteiger partial charge < -0.3 is 15.2 Å². The number of aliphatic carboxylic acids is 1. The maximum absolute atomic E-state index is 14.2. The van der Waals surface area contributed by atoms with Crippen LogP contribution in [-0.4, -0.2) is 39.9 Å². The number of nitrogens with zero attached hydrogens (tertiary/aromatic N) is 2. The van der Waals surface area contributed by atoms with E-state index in [-0.39, 0.29) is 12.2 Å². The van der Waals surface area contributed by atoms with Crippen LogP contribution in [-0.2, 0) is 24.1 Å². The van der Waals surface area contributed by atoms with Gasteiger partial charge in [0.25, 0.3) is 0 Å². The molecule has 0 radical (unpaired) electrons. The average Bonchev–Trinajstić information content (AvgIpc) is 3.26. The van der Waals surface area contributed by atoms with E-state index in [1.165, 1.54) is 24.8 Å². The number of hydrogen-bond acceptors (Lipinski definition) is 5. The van der Waals surface area contributed by atoms with E-state index < -0.39 is 17.7 Å². The number of carbonyl (C=O) groups is 1. The fraction of sp³-hybridized carbons (Fsp3) is 0.375. The van der Waals surface area contributed by atoms with Crippen molar-refractivity contribution in [2.45, 2.75) is 44.4 Å². The molecule has 1 aliphatic rings. The molecule has 0 bridgehead atoms. The Bertz CT molecular complexity index is 1100. The van der Waals surface area contributed by atoms with Gasteiger partial charge in [0.05, 0.1) is 19.2 Å². The molecule has 1 aromatic carbocycles. The van der Waals surface area contributed by atoms with E-state index in [9.17, 15) is 14.3 Å². The molecule has 168 valence electrons. The maximum atomic E-state index is 14.2. The fourth-order valence-corrected chi connectivity index (χ4v) is 4.12. The van der Waals surface area contributed by atoms with E-state index in [4.69, 9.17) is 9.72 Å². The Morgan fingerprint density at radius 1 is 1.25 bits per heavy atom. The number of fused-ring (bicyclic) bond motifs is 1. The Labute approximate surface area is 186 Å². The van der Waals surface area contributed by atoms with Crippen LogP contribution in [0.3, 0.4) is 0 Å². The van der Waals surface area contributed by atoms with E-state index >= 15 is 0 Å². The van der Waals surface area contributed by atoms with Gasteiger partial charge in [0.1, 0.15) is 5.82 Å². The molecule has 0 amide bonds. The molecule has 0 fully saturated rings. The molecule has 7 nitrogen and oxygen atoms in total. The molecule has 3 aromatic rings. The number of pyridine rings is 1. The van der Waals surface area contributed by atoms with E-state index in [0.29, 0.717) is 11.3 Å². The molecule has 3 heterocycles. The van der Waals surface area contributed by atoms with Gasteiger partial charge in [-0.3, -0.25) is 9.89 Å². The molecule has 0 saturated carbocycles. The zero-order valence-corrected chi connectivity index (χ0v) is 18.0. The molecule has 1 unspecified atom stereocenters. The summed E-state index contributed by atoms with van der Waals surface area (Å²) in [5.74, 6) is -0.922. The minimum absolute atomic E-state index is 0.122. The molecule has 1 atom stereocenters. The van der Waals surface area contributed by atoms with Gasteiger partial charge in [-0.25, -0.2) is 9.37 Å². The summed E-state index contributed by atoms with van der Waals surface area (Å²) in [4.78, 5) is 16.2. The van der Waals surface area contributed by atoms with Crippen LogP contribution in [0, 0.1) is 5.82 Å². The van der Waals surface area contributed by atoms with Crippen molar-refractivity contribution in [3.8, 4) is 5.75 Å². The number of anilines is 1. The first-order valence-corrected chi connectivity index (χ1v) is 10.9. The molecule has 0 saturated heterocycles. The van der Waals surface area contributed by atoms with Gasteiger partial charge in [-0.15, -0.1) is 0 Å². The fourth-order valence-electron chi connectivity index (χ4n) is 4.12. The lowest BCUT2D eigenvalue weighted by Gasteiger charge is -2.17. The Kier molecular flexibility index (Phi) is 6.68. The van der Waals surface area contributed by atoms with Crippen LogP contribution in [0.5, 0.6) is 5.75 Å². The summed E-state index contributed by atoms with van der Waals surface area (Å²) < 4.78 is 19.2. The molecule has 4 rings (SSSR count). The molecule has 1 aliphatic heterocycles. The minimum atomic E-state index is -0.970. The third kappa shape index (κ3) is 5.07. The molecule has 3 N–H and O–H groups in total. The SMILES string of the molecule is COc1ccc(C(CC(=O)O)c2cc(CCCc3ccc4c(n3)NCCC4)[nH]n2)cc1F. The van der Waals surface area contributed by atoms with E-state index in [1.807, 2.05) is 6.07 Å². The van der Waals surface area contributed by atoms with Gasteiger partial charge in [0.15, 0.2) is 11.6 Å². The number of aromatic amines is 1. The number of methoxy groups -OCH3 is 1. The van der Waals surface area contributed by atoms with Crippen LogP contribution >= 0.6 is 0 Å². The first kappa shape index (κ1) is 21.8. The summed E-state index contributed by atoms with van der Waals surface area (Å²) in [5.41, 5.74) is 4.38. The molecule has 8 heteroatoms. The Morgan fingerprint density at radius 2 is 2.12 bits per heavy atom. The van der Waals surface area contributed by atoms with Crippen LogP contribution in [0.15, 0.2) is 36.4 Å². The summed E-state index contributed by atoms with van der Waals surface area (Å²) in [6.45, 7) is 0.968. The van der Waals surface area contributed by atoms with Gasteiger partial charge in [-0.05, 0) is 67.5 Å². The Morgan fingerprint density at radius 3 is 2.91 bits per heavy atom. The highest BCUT2D eigenvalue weighted by molar-refractivity contribution is 5.69. The number of H-pyrrole nitrogens is 1. The summed E-state index contributed by atoms with van der Waals surface area (Å²) in [6.07, 6.45) is 4.52. The third-order valence-corrected chi connectivity index (χ3v) is 5.80. The zero-order chi connectivity index (χ0) is 22.5. The summed E-state index contributed by atoms with van der Waals surface area (Å²) in [6, 6.07) is 10.6. The Hall–Kier alpha value is -3.42. The van der Waals surface area contributed by atoms with E-state index in [0.717, 1.165) is 55.9 Å². The monoisotopic (exact) mass is 438 g/mol. The highest BCUT2D eigenvalue weighted by Crippen LogP contribution is 2.30. The number of aromatic nitrogens is 3. The van der Waals surface area contributed by atoms with Gasteiger partial charge in [0.2, 0.25) is 0 Å². The van der Waals surface area contributed by atoms with Gasteiger partial charge in [-0.1, -0.05) is 12.1 Å². The lowest BCUT2D eigenvalue weighted by atomic mass is 9.92. The highest BCUT2D eigenvalue weighted by atomic mass is 19.1. The average molecular weight is 439 g/mol. The molecular formula is C24H27FN4O3. The lowest BCUT2D eigenvalue weighted by molar-refractivity contribution is -0.137. The van der Waals surface area contributed by atoms with Crippen molar-refractivity contribution >= 4 is 11.8 Å². The van der Waals surface area contributed by atoms with Crippen molar-refractivity contribution in [1.29, 1.82) is 0 Å². The summed E-state index contributed by atoms with van der Waals surface area (Å²) in [7, 11) is 1.39. The second-order valence-corrected chi connectivity index (χ2v) is 8.06. The highest BCUT2D eigenvalue weighted by Gasteiger charge is 2.22. The van der Waals surface area contributed by atoms with Gasteiger partial charge >= 0.3 is 5.97 Å². The molecule has 0 aliphatic carbocycles. The predicted octanol–water partition coefficient (Wildman–Crippen LogP) is 4.09. The number of carboxylic acids is 1. The van der Waals surface area contributed by atoms with Crippen molar-refractivity contribution < 1.29 is 19.0 Å². The second kappa shape index (κ2) is 9.80. The molecule has 2 aromatic heterocycles. The number of carboxylic acid groups (broad SMARTS) is 1. The number of hydrogen-bond donors (Lipinski definition) is 3. The quantitative estimate of drug-likeness (QED) is 0.465. The zero-order valence-electron chi connectivity index (χ0n) is 18.0. The summed E-state index contributed by atoms with van der Waals surface area (Å²) >= 11 is 0. The lowest BCUT2D eigenvalue weighted by Crippen LogP contribution is -2.14. The largest absolute Gasteiger partial charge is 0.494 e. The number of ether oxygens (including phenoxy) is 1. The first-order valence-electron chi connectivity index (χ1n) is 10.9. The minimum Gasteiger partial charge on any atom is -0.494 e. The third-order valence-electron chi connectivity index (χ3n) is 5.80. The number of benzene rings is 1. The van der Waals surface area contributed by atoms with Gasteiger partial charge in [0, 0.05) is 23.9 Å².